The van der Waals surface area contributed by atoms with Crippen molar-refractivity contribution in [3.8, 4) is 0 Å². The van der Waals surface area contributed by atoms with Gasteiger partial charge in [-0.15, -0.1) is 6.58 Å². The van der Waals surface area contributed by atoms with E-state index >= 15 is 0 Å². The van der Waals surface area contributed by atoms with Crippen LogP contribution in [0.3, 0.4) is 0 Å². The molecule has 0 aliphatic carbocycles. The van der Waals surface area contributed by atoms with Crippen molar-refractivity contribution in [2.45, 2.75) is 0 Å². The monoisotopic (exact) mass is 313 g/mol. The number of anilines is 1. The summed E-state index contributed by atoms with van der Waals surface area (Å²) in [6.45, 7) is 3.91. The van der Waals surface area contributed by atoms with Gasteiger partial charge in [-0.25, -0.2) is 0 Å². The molecule has 0 bridgehead atoms. The highest BCUT2D eigenvalue weighted by molar-refractivity contribution is 7.80. The Morgan fingerprint density at radius 3 is 2.36 bits per heavy atom. The van der Waals surface area contributed by atoms with Crippen LogP contribution in [0.2, 0.25) is 0 Å². The second-order valence-electron chi connectivity index (χ2n) is 4.71. The highest BCUT2D eigenvalue weighted by atomic mass is 32.1. The molecule has 3 rings (SSSR count). The molecule has 3 amide bonds. The van der Waals surface area contributed by atoms with Gasteiger partial charge in [-0.2, -0.15) is 0 Å². The lowest BCUT2D eigenvalue weighted by Crippen LogP contribution is -2.52. The minimum atomic E-state index is -0.674. The van der Waals surface area contributed by atoms with Crippen LogP contribution >= 0.6 is 12.2 Å². The Balaban J connectivity index is 2.22. The number of hydrogen-bond acceptors (Lipinski definition) is 4. The standard InChI is InChI=1S/C15H11N3O3S/c1-2-7-18-9-6-4-3-5-8(9)10(14(18)21)11-12(19)16-15(22)17-13(11)20/h2-6H,1,7H2,(H2,16,17,19,20,22). The maximum absolute atomic E-state index is 12.7. The van der Waals surface area contributed by atoms with E-state index in [0.717, 1.165) is 0 Å². The van der Waals surface area contributed by atoms with Gasteiger partial charge in [0.15, 0.2) is 5.11 Å². The molecule has 6 nitrogen and oxygen atoms in total. The van der Waals surface area contributed by atoms with Crippen LogP contribution in [-0.2, 0) is 14.4 Å². The molecule has 0 aromatic heterocycles. The summed E-state index contributed by atoms with van der Waals surface area (Å²) < 4.78 is 0. The minimum absolute atomic E-state index is 0.0685. The van der Waals surface area contributed by atoms with Gasteiger partial charge in [0.25, 0.3) is 17.7 Å². The van der Waals surface area contributed by atoms with E-state index in [-0.39, 0.29) is 22.8 Å². The lowest BCUT2D eigenvalue weighted by atomic mass is 9.99. The van der Waals surface area contributed by atoms with E-state index in [9.17, 15) is 14.4 Å². The number of carbonyl (C=O) groups excluding carboxylic acids is 3. The second kappa shape index (κ2) is 5.19. The average molecular weight is 313 g/mol. The zero-order valence-corrected chi connectivity index (χ0v) is 12.2. The van der Waals surface area contributed by atoms with E-state index in [0.29, 0.717) is 11.3 Å². The molecule has 0 radical (unpaired) electrons. The van der Waals surface area contributed by atoms with E-state index in [2.05, 4.69) is 17.2 Å². The summed E-state index contributed by atoms with van der Waals surface area (Å²) in [5.41, 5.74) is 1.04. The first kappa shape index (κ1) is 14.2. The summed E-state index contributed by atoms with van der Waals surface area (Å²) in [6.07, 6.45) is 1.58. The molecule has 1 fully saturated rings. The molecule has 2 N–H and O–H groups in total. The van der Waals surface area contributed by atoms with Crippen LogP contribution in [0.25, 0.3) is 5.57 Å². The van der Waals surface area contributed by atoms with E-state index in [4.69, 9.17) is 12.2 Å². The summed E-state index contributed by atoms with van der Waals surface area (Å²) in [7, 11) is 0. The number of nitrogens with one attached hydrogen (secondary N) is 2. The van der Waals surface area contributed by atoms with Crippen molar-refractivity contribution >= 4 is 46.3 Å². The van der Waals surface area contributed by atoms with Crippen molar-refractivity contribution in [3.63, 3.8) is 0 Å². The molecule has 0 unspecified atom stereocenters. The summed E-state index contributed by atoms with van der Waals surface area (Å²) in [5, 5.41) is 4.62. The van der Waals surface area contributed by atoms with Crippen LogP contribution in [0, 0.1) is 0 Å². The second-order valence-corrected chi connectivity index (χ2v) is 5.12. The van der Waals surface area contributed by atoms with Gasteiger partial charge in [-0.3, -0.25) is 25.0 Å². The van der Waals surface area contributed by atoms with Crippen LogP contribution in [0.4, 0.5) is 5.69 Å². The number of nitrogens with zero attached hydrogens (tertiary/aromatic N) is 1. The van der Waals surface area contributed by atoms with E-state index in [1.54, 1.807) is 30.3 Å². The van der Waals surface area contributed by atoms with Crippen molar-refractivity contribution < 1.29 is 14.4 Å². The fraction of sp³-hybridized carbons (Fsp3) is 0.0667. The SMILES string of the molecule is C=CCN1C(=O)C(=C2C(=O)NC(=S)NC2=O)c2ccccc21. The Morgan fingerprint density at radius 1 is 1.09 bits per heavy atom. The molecule has 2 heterocycles. The Kier molecular flexibility index (Phi) is 3.34. The molecule has 1 aromatic rings. The molecule has 2 aliphatic heterocycles. The maximum Gasteiger partial charge on any atom is 0.263 e. The minimum Gasteiger partial charge on any atom is -0.304 e. The number of benzene rings is 1. The molecule has 22 heavy (non-hydrogen) atoms. The topological polar surface area (TPSA) is 78.5 Å². The molecule has 2 aliphatic rings. The van der Waals surface area contributed by atoms with Crippen molar-refractivity contribution in [2.75, 3.05) is 11.4 Å². The first-order valence-corrected chi connectivity index (χ1v) is 6.88. The predicted molar refractivity (Wildman–Crippen MR) is 84.8 cm³/mol. The van der Waals surface area contributed by atoms with Gasteiger partial charge in [0, 0.05) is 12.1 Å². The van der Waals surface area contributed by atoms with Crippen LogP contribution in [0.15, 0.2) is 42.5 Å². The highest BCUT2D eigenvalue weighted by Gasteiger charge is 2.39. The van der Waals surface area contributed by atoms with Crippen LogP contribution in [-0.4, -0.2) is 29.4 Å². The van der Waals surface area contributed by atoms with Crippen LogP contribution in [0.5, 0.6) is 0 Å². The quantitative estimate of drug-likeness (QED) is 0.361. The zero-order valence-electron chi connectivity index (χ0n) is 11.4. The number of hydrogen-bond donors (Lipinski definition) is 2. The Morgan fingerprint density at radius 2 is 1.73 bits per heavy atom. The lowest BCUT2D eigenvalue weighted by Gasteiger charge is -2.18. The fourth-order valence-electron chi connectivity index (χ4n) is 2.52. The smallest absolute Gasteiger partial charge is 0.263 e. The fourth-order valence-corrected chi connectivity index (χ4v) is 2.71. The first-order chi connectivity index (χ1) is 10.5. The van der Waals surface area contributed by atoms with Crippen molar-refractivity contribution in [2.24, 2.45) is 0 Å². The van der Waals surface area contributed by atoms with Gasteiger partial charge >= 0.3 is 0 Å². The molecule has 0 saturated carbocycles. The van der Waals surface area contributed by atoms with Crippen molar-refractivity contribution in [1.82, 2.24) is 10.6 Å². The molecule has 0 spiro atoms. The third-order valence-corrected chi connectivity index (χ3v) is 3.60. The maximum atomic E-state index is 12.7. The summed E-state index contributed by atoms with van der Waals surface area (Å²) in [5.74, 6) is -1.76. The Labute approximate surface area is 131 Å². The van der Waals surface area contributed by atoms with E-state index in [1.807, 2.05) is 0 Å². The number of rotatable bonds is 2. The summed E-state index contributed by atoms with van der Waals surface area (Å²) in [6, 6.07) is 6.99. The lowest BCUT2D eigenvalue weighted by molar-refractivity contribution is -0.124. The summed E-state index contributed by atoms with van der Waals surface area (Å²) >= 11 is 4.76. The van der Waals surface area contributed by atoms with Gasteiger partial charge in [-0.1, -0.05) is 24.3 Å². The third kappa shape index (κ3) is 2.03. The van der Waals surface area contributed by atoms with Gasteiger partial charge < -0.3 is 4.90 Å². The van der Waals surface area contributed by atoms with Crippen LogP contribution in [0.1, 0.15) is 5.56 Å². The molecule has 110 valence electrons. The number of amides is 3. The molecule has 1 saturated heterocycles. The summed E-state index contributed by atoms with van der Waals surface area (Å²) in [4.78, 5) is 38.3. The van der Waals surface area contributed by atoms with Crippen LogP contribution < -0.4 is 15.5 Å². The van der Waals surface area contributed by atoms with E-state index < -0.39 is 17.7 Å². The van der Waals surface area contributed by atoms with Gasteiger partial charge in [0.2, 0.25) is 0 Å². The highest BCUT2D eigenvalue weighted by Crippen LogP contribution is 2.38. The zero-order chi connectivity index (χ0) is 15.9. The molecular weight excluding hydrogens is 302 g/mol. The molecule has 0 atom stereocenters. The Hall–Kier alpha value is -2.80. The van der Waals surface area contributed by atoms with Gasteiger partial charge in [0.05, 0.1) is 11.3 Å². The number of fused-ring (bicyclic) bond motifs is 1. The van der Waals surface area contributed by atoms with Crippen molar-refractivity contribution in [3.05, 3.63) is 48.1 Å². The Bertz CT molecular complexity index is 760. The molecular formula is C15H11N3O3S. The molecule has 7 heteroatoms. The number of thiocarbonyl (C=S) groups is 1. The van der Waals surface area contributed by atoms with Crippen molar-refractivity contribution in [1.29, 1.82) is 0 Å². The predicted octanol–water partition coefficient (Wildman–Crippen LogP) is 0.504. The van der Waals surface area contributed by atoms with E-state index in [1.165, 1.54) is 4.90 Å². The number of para-hydroxylation sites is 1. The first-order valence-electron chi connectivity index (χ1n) is 6.47. The normalized spacial score (nSPS) is 17.4. The molecule has 1 aromatic carbocycles. The van der Waals surface area contributed by atoms with Gasteiger partial charge in [-0.05, 0) is 18.3 Å². The van der Waals surface area contributed by atoms with Gasteiger partial charge in [0.1, 0.15) is 5.57 Å². The number of carbonyl (C=O) groups is 3. The average Bonchev–Trinajstić information content (AvgIpc) is 2.73. The third-order valence-electron chi connectivity index (χ3n) is 3.39. The largest absolute Gasteiger partial charge is 0.304 e.